The van der Waals surface area contributed by atoms with Gasteiger partial charge < -0.3 is 20.1 Å². The number of fused-ring (bicyclic) bond motifs is 2. The molecule has 2 aliphatic rings. The van der Waals surface area contributed by atoms with Crippen LogP contribution in [0.2, 0.25) is 0 Å². The molecule has 4 aromatic rings. The Bertz CT molecular complexity index is 1870. The maximum atomic E-state index is 12.6. The van der Waals surface area contributed by atoms with Gasteiger partial charge in [0.2, 0.25) is 11.7 Å². The minimum atomic E-state index is -0.671. The van der Waals surface area contributed by atoms with Crippen LogP contribution in [0.1, 0.15) is 13.8 Å². The fourth-order valence-electron chi connectivity index (χ4n) is 5.00. The minimum Gasteiger partial charge on any atom is -0.460 e. The maximum absolute atomic E-state index is 12.6. The van der Waals surface area contributed by atoms with Crippen LogP contribution in [0.5, 0.6) is 0 Å². The molecule has 0 amide bonds. The summed E-state index contributed by atoms with van der Waals surface area (Å²) in [6.45, 7) is 3.63. The van der Waals surface area contributed by atoms with Crippen LogP contribution in [0, 0.1) is 20.2 Å². The monoisotopic (exact) mass is 650 g/mol. The lowest BCUT2D eigenvalue weighted by Gasteiger charge is -2.29. The fourth-order valence-corrected chi connectivity index (χ4v) is 5.00. The number of esters is 2. The van der Waals surface area contributed by atoms with Crippen LogP contribution in [0.25, 0.3) is 11.1 Å². The second-order valence-corrected chi connectivity index (χ2v) is 10.2. The second-order valence-electron chi connectivity index (χ2n) is 10.2. The van der Waals surface area contributed by atoms with Crippen LogP contribution >= 0.6 is 0 Å². The van der Waals surface area contributed by atoms with Crippen molar-refractivity contribution >= 4 is 69.1 Å². The molecule has 0 fully saturated rings. The Kier molecular flexibility index (Phi) is 8.36. The van der Waals surface area contributed by atoms with E-state index in [0.29, 0.717) is 34.1 Å². The summed E-state index contributed by atoms with van der Waals surface area (Å²) in [6.07, 6.45) is 0. The topological polar surface area (TPSA) is 194 Å². The molecule has 6 rings (SSSR count). The lowest BCUT2D eigenvalue weighted by atomic mass is 10.0. The van der Waals surface area contributed by atoms with E-state index in [1.807, 2.05) is 24.3 Å². The largest absolute Gasteiger partial charge is 0.460 e. The van der Waals surface area contributed by atoms with Crippen molar-refractivity contribution in [1.29, 1.82) is 0 Å². The summed E-state index contributed by atoms with van der Waals surface area (Å²) in [5, 5.41) is 40.5. The summed E-state index contributed by atoms with van der Waals surface area (Å²) >= 11 is 0. The average Bonchev–Trinajstić information content (AvgIpc) is 3.10. The zero-order valence-electron chi connectivity index (χ0n) is 25.4. The van der Waals surface area contributed by atoms with Crippen molar-refractivity contribution in [1.82, 2.24) is 0 Å². The molecule has 0 spiro atoms. The first kappa shape index (κ1) is 31.2. The Morgan fingerprint density at radius 3 is 1.35 bits per heavy atom. The van der Waals surface area contributed by atoms with Crippen molar-refractivity contribution in [3.63, 3.8) is 0 Å². The van der Waals surface area contributed by atoms with Gasteiger partial charge in [-0.1, -0.05) is 12.1 Å². The summed E-state index contributed by atoms with van der Waals surface area (Å²) in [6, 6.07) is 22.3. The van der Waals surface area contributed by atoms with Crippen molar-refractivity contribution in [3.05, 3.63) is 105 Å². The number of hydrogen-bond donors (Lipinski definition) is 2. The Morgan fingerprint density at radius 1 is 0.646 bits per heavy atom. The second kappa shape index (κ2) is 12.9. The van der Waals surface area contributed by atoms with Crippen LogP contribution < -0.4 is 20.7 Å². The molecule has 0 atom stereocenters. The Hall–Kier alpha value is -6.84. The SMILES string of the molecule is CCOC(=O)C1=NN(c2ccc([N+](=O)[O-])cc2)c2cc(-c3ccc4c(c3)N(c3ccc([N+](=O)[O-])cc3)N=C(C(=O)OCC)N4)ccc2N1. The Morgan fingerprint density at radius 2 is 1.02 bits per heavy atom. The van der Waals surface area contributed by atoms with E-state index in [-0.39, 0.29) is 36.3 Å². The molecule has 2 aliphatic heterocycles. The quantitative estimate of drug-likeness (QED) is 0.121. The number of benzene rings is 4. The molecule has 4 aromatic carbocycles. The molecule has 0 radical (unpaired) electrons. The molecule has 0 saturated heterocycles. The van der Waals surface area contributed by atoms with Gasteiger partial charge in [0.25, 0.3) is 11.4 Å². The third-order valence-corrected chi connectivity index (χ3v) is 7.24. The van der Waals surface area contributed by atoms with Crippen molar-refractivity contribution < 1.29 is 28.9 Å². The Balaban J connectivity index is 1.42. The van der Waals surface area contributed by atoms with Gasteiger partial charge in [-0.3, -0.25) is 20.2 Å². The standard InChI is InChI=1S/C32H26N8O8/c1-3-47-31(41)29-33-25-15-5-19(17-27(25)37(35-29)21-7-11-23(12-8-21)39(43)44)20-6-16-26-28(18-20)38(36-30(34-26)32(42)48-4-2)22-9-13-24(14-10-22)40(45)46/h5-18H,3-4H2,1-2H3,(H,33,35)(H,34,36). The highest BCUT2D eigenvalue weighted by Crippen LogP contribution is 2.42. The molecule has 0 saturated carbocycles. The van der Waals surface area contributed by atoms with E-state index >= 15 is 0 Å². The first-order valence-corrected chi connectivity index (χ1v) is 14.6. The molecule has 0 unspecified atom stereocenters. The van der Waals surface area contributed by atoms with E-state index in [1.165, 1.54) is 58.5 Å². The highest BCUT2D eigenvalue weighted by atomic mass is 16.6. The third-order valence-electron chi connectivity index (χ3n) is 7.24. The molecular formula is C32H26N8O8. The van der Waals surface area contributed by atoms with Crippen LogP contribution in [-0.2, 0) is 19.1 Å². The van der Waals surface area contributed by atoms with Gasteiger partial charge in [-0.25, -0.2) is 19.6 Å². The summed E-state index contributed by atoms with van der Waals surface area (Å²) in [5.74, 6) is -1.47. The number of nitrogens with zero attached hydrogens (tertiary/aromatic N) is 6. The van der Waals surface area contributed by atoms with Crippen LogP contribution in [0.15, 0.2) is 95.1 Å². The number of anilines is 6. The molecule has 48 heavy (non-hydrogen) atoms. The van der Waals surface area contributed by atoms with E-state index in [0.717, 1.165) is 11.1 Å². The third kappa shape index (κ3) is 6.04. The predicted octanol–water partition coefficient (Wildman–Crippen LogP) is 6.05. The van der Waals surface area contributed by atoms with E-state index in [9.17, 15) is 29.8 Å². The van der Waals surface area contributed by atoms with Gasteiger partial charge in [0, 0.05) is 24.3 Å². The highest BCUT2D eigenvalue weighted by molar-refractivity contribution is 6.42. The van der Waals surface area contributed by atoms with Gasteiger partial charge >= 0.3 is 11.9 Å². The number of carbonyl (C=O) groups excluding carboxylic acids is 2. The number of hydrazone groups is 2. The first-order chi connectivity index (χ1) is 23.2. The molecule has 242 valence electrons. The highest BCUT2D eigenvalue weighted by Gasteiger charge is 2.28. The van der Waals surface area contributed by atoms with E-state index in [4.69, 9.17) is 9.47 Å². The number of hydrogen-bond acceptors (Lipinski definition) is 14. The van der Waals surface area contributed by atoms with Gasteiger partial charge in [0.1, 0.15) is 0 Å². The lowest BCUT2D eigenvalue weighted by Crippen LogP contribution is -2.33. The van der Waals surface area contributed by atoms with Crippen LogP contribution in [0.4, 0.5) is 45.5 Å². The Labute approximate surface area is 272 Å². The number of nitro benzene ring substituents is 2. The van der Waals surface area contributed by atoms with Crippen LogP contribution in [0.3, 0.4) is 0 Å². The number of amidine groups is 2. The molecule has 0 aromatic heterocycles. The maximum Gasteiger partial charge on any atom is 0.376 e. The normalized spacial score (nSPS) is 13.1. The zero-order chi connectivity index (χ0) is 33.9. The van der Waals surface area contributed by atoms with Crippen molar-refractivity contribution in [3.8, 4) is 11.1 Å². The number of nitro groups is 2. The minimum absolute atomic E-state index is 0.0655. The summed E-state index contributed by atoms with van der Waals surface area (Å²) in [4.78, 5) is 46.8. The molecule has 16 nitrogen and oxygen atoms in total. The molecular weight excluding hydrogens is 624 g/mol. The van der Waals surface area contributed by atoms with Gasteiger partial charge in [0.15, 0.2) is 0 Å². The molecule has 2 N–H and O–H groups in total. The van der Waals surface area contributed by atoms with Gasteiger partial charge in [-0.15, -0.1) is 10.2 Å². The van der Waals surface area contributed by atoms with Gasteiger partial charge in [0.05, 0.1) is 57.2 Å². The molecule has 2 heterocycles. The van der Waals surface area contributed by atoms with Crippen molar-refractivity contribution in [2.75, 3.05) is 33.9 Å². The summed E-state index contributed by atoms with van der Waals surface area (Å²) < 4.78 is 10.3. The predicted molar refractivity (Wildman–Crippen MR) is 178 cm³/mol. The van der Waals surface area contributed by atoms with E-state index < -0.39 is 21.8 Å². The fraction of sp³-hybridized carbons (Fsp3) is 0.125. The molecule has 0 aliphatic carbocycles. The summed E-state index contributed by atoms with van der Waals surface area (Å²) in [7, 11) is 0. The summed E-state index contributed by atoms with van der Waals surface area (Å²) in [5.41, 5.74) is 4.31. The smallest absolute Gasteiger partial charge is 0.376 e. The number of rotatable bonds is 9. The van der Waals surface area contributed by atoms with Crippen molar-refractivity contribution in [2.45, 2.75) is 13.8 Å². The number of carbonyl (C=O) groups is 2. The lowest BCUT2D eigenvalue weighted by molar-refractivity contribution is -0.385. The first-order valence-electron chi connectivity index (χ1n) is 14.6. The number of ether oxygens (including phenoxy) is 2. The van der Waals surface area contributed by atoms with Gasteiger partial charge in [-0.2, -0.15) is 0 Å². The van der Waals surface area contributed by atoms with E-state index in [1.54, 1.807) is 26.0 Å². The van der Waals surface area contributed by atoms with Crippen LogP contribution in [-0.4, -0.2) is 46.7 Å². The van der Waals surface area contributed by atoms with E-state index in [2.05, 4.69) is 20.8 Å². The zero-order valence-corrected chi connectivity index (χ0v) is 25.4. The molecule has 16 heteroatoms. The average molecular weight is 651 g/mol. The number of nitrogens with one attached hydrogen (secondary N) is 2. The number of non-ortho nitro benzene ring substituents is 2. The molecule has 0 bridgehead atoms. The van der Waals surface area contributed by atoms with Gasteiger partial charge in [-0.05, 0) is 73.5 Å². The van der Waals surface area contributed by atoms with Crippen molar-refractivity contribution in [2.24, 2.45) is 10.2 Å².